The van der Waals surface area contributed by atoms with E-state index in [1.165, 1.54) is 11.1 Å². The SMILES string of the molecule is CC[C@@H](Oc1ccc(C)cc1C)C(=O)N[C@H](C)COc1ccc(C)cc1. The van der Waals surface area contributed by atoms with Gasteiger partial charge in [0.25, 0.3) is 5.91 Å². The van der Waals surface area contributed by atoms with E-state index in [-0.39, 0.29) is 11.9 Å². The Kier molecular flexibility index (Phi) is 7.07. The lowest BCUT2D eigenvalue weighted by molar-refractivity contribution is -0.129. The second-order valence-electron chi connectivity index (χ2n) is 6.82. The number of aryl methyl sites for hydroxylation is 3. The van der Waals surface area contributed by atoms with Gasteiger partial charge in [0, 0.05) is 0 Å². The van der Waals surface area contributed by atoms with Crippen LogP contribution in [0.4, 0.5) is 0 Å². The van der Waals surface area contributed by atoms with Crippen LogP contribution in [-0.2, 0) is 4.79 Å². The summed E-state index contributed by atoms with van der Waals surface area (Å²) >= 11 is 0. The molecule has 0 fully saturated rings. The van der Waals surface area contributed by atoms with Gasteiger partial charge in [-0.1, -0.05) is 42.3 Å². The first kappa shape index (κ1) is 19.8. The maximum absolute atomic E-state index is 12.5. The largest absolute Gasteiger partial charge is 0.491 e. The van der Waals surface area contributed by atoms with Crippen LogP contribution in [0.25, 0.3) is 0 Å². The average Bonchev–Trinajstić information content (AvgIpc) is 2.60. The van der Waals surface area contributed by atoms with Crippen molar-refractivity contribution in [3.8, 4) is 11.5 Å². The number of amides is 1. The molecule has 0 heterocycles. The minimum atomic E-state index is -0.516. The highest BCUT2D eigenvalue weighted by atomic mass is 16.5. The molecular weight excluding hydrogens is 326 g/mol. The standard InChI is InChI=1S/C22H29NO3/c1-6-20(26-21-12-9-16(3)13-17(21)4)22(24)23-18(5)14-25-19-10-7-15(2)8-11-19/h7-13,18,20H,6,14H2,1-5H3,(H,23,24)/t18-,20-/m1/s1. The highest BCUT2D eigenvalue weighted by molar-refractivity contribution is 5.81. The Morgan fingerprint density at radius 1 is 1.04 bits per heavy atom. The monoisotopic (exact) mass is 355 g/mol. The van der Waals surface area contributed by atoms with Crippen molar-refractivity contribution in [2.75, 3.05) is 6.61 Å². The maximum atomic E-state index is 12.5. The molecule has 0 aliphatic heterocycles. The number of hydrogen-bond donors (Lipinski definition) is 1. The zero-order chi connectivity index (χ0) is 19.1. The summed E-state index contributed by atoms with van der Waals surface area (Å²) in [5, 5.41) is 2.97. The Hall–Kier alpha value is -2.49. The van der Waals surface area contributed by atoms with Gasteiger partial charge in [0.2, 0.25) is 0 Å². The molecule has 2 aromatic carbocycles. The van der Waals surface area contributed by atoms with E-state index >= 15 is 0 Å². The van der Waals surface area contributed by atoms with Gasteiger partial charge in [0.05, 0.1) is 6.04 Å². The summed E-state index contributed by atoms with van der Waals surface area (Å²) < 4.78 is 11.7. The molecule has 4 heteroatoms. The van der Waals surface area contributed by atoms with Gasteiger partial charge in [-0.2, -0.15) is 0 Å². The minimum Gasteiger partial charge on any atom is -0.491 e. The fourth-order valence-corrected chi connectivity index (χ4v) is 2.64. The van der Waals surface area contributed by atoms with Crippen molar-refractivity contribution in [3.63, 3.8) is 0 Å². The van der Waals surface area contributed by atoms with Crippen LogP contribution in [0.5, 0.6) is 11.5 Å². The maximum Gasteiger partial charge on any atom is 0.261 e. The first-order valence-corrected chi connectivity index (χ1v) is 9.12. The minimum absolute atomic E-state index is 0.111. The fraction of sp³-hybridized carbons (Fsp3) is 0.409. The van der Waals surface area contributed by atoms with Crippen LogP contribution in [0.2, 0.25) is 0 Å². The average molecular weight is 355 g/mol. The van der Waals surface area contributed by atoms with E-state index < -0.39 is 6.10 Å². The Labute approximate surface area is 156 Å². The van der Waals surface area contributed by atoms with Crippen molar-refractivity contribution in [1.82, 2.24) is 5.32 Å². The number of carbonyl (C=O) groups excluding carboxylic acids is 1. The topological polar surface area (TPSA) is 47.6 Å². The quantitative estimate of drug-likeness (QED) is 0.766. The summed E-state index contributed by atoms with van der Waals surface area (Å²) in [6.45, 7) is 10.3. The van der Waals surface area contributed by atoms with E-state index in [0.29, 0.717) is 13.0 Å². The van der Waals surface area contributed by atoms with E-state index in [1.54, 1.807) is 0 Å². The molecule has 0 aliphatic rings. The van der Waals surface area contributed by atoms with Crippen LogP contribution < -0.4 is 14.8 Å². The van der Waals surface area contributed by atoms with E-state index in [9.17, 15) is 4.79 Å². The first-order chi connectivity index (χ1) is 12.4. The molecule has 4 nitrogen and oxygen atoms in total. The number of benzene rings is 2. The number of nitrogens with one attached hydrogen (secondary N) is 1. The number of rotatable bonds is 8. The Morgan fingerprint density at radius 2 is 1.69 bits per heavy atom. The van der Waals surface area contributed by atoms with Crippen molar-refractivity contribution in [2.24, 2.45) is 0 Å². The van der Waals surface area contributed by atoms with Crippen LogP contribution in [-0.4, -0.2) is 24.7 Å². The van der Waals surface area contributed by atoms with E-state index in [0.717, 1.165) is 17.1 Å². The highest BCUT2D eigenvalue weighted by Gasteiger charge is 2.21. The Bertz CT molecular complexity index is 725. The highest BCUT2D eigenvalue weighted by Crippen LogP contribution is 2.21. The zero-order valence-electron chi connectivity index (χ0n) is 16.3. The predicted octanol–water partition coefficient (Wildman–Crippen LogP) is 4.35. The van der Waals surface area contributed by atoms with Gasteiger partial charge in [0.1, 0.15) is 18.1 Å². The summed E-state index contributed by atoms with van der Waals surface area (Å²) in [5.74, 6) is 1.43. The lowest BCUT2D eigenvalue weighted by Gasteiger charge is -2.21. The van der Waals surface area contributed by atoms with Gasteiger partial charge in [-0.25, -0.2) is 0 Å². The normalized spacial score (nSPS) is 13.0. The molecule has 0 unspecified atom stereocenters. The number of hydrogen-bond acceptors (Lipinski definition) is 3. The lowest BCUT2D eigenvalue weighted by atomic mass is 10.1. The number of carbonyl (C=O) groups is 1. The van der Waals surface area contributed by atoms with E-state index in [2.05, 4.69) is 11.4 Å². The third-order valence-electron chi connectivity index (χ3n) is 4.17. The van der Waals surface area contributed by atoms with Gasteiger partial charge >= 0.3 is 0 Å². The molecule has 0 radical (unpaired) electrons. The van der Waals surface area contributed by atoms with Crippen molar-refractivity contribution in [2.45, 2.75) is 53.2 Å². The van der Waals surface area contributed by atoms with Gasteiger partial charge in [-0.15, -0.1) is 0 Å². The summed E-state index contributed by atoms with van der Waals surface area (Å²) in [7, 11) is 0. The van der Waals surface area contributed by atoms with Crippen molar-refractivity contribution in [3.05, 3.63) is 59.2 Å². The molecule has 0 aliphatic carbocycles. The Balaban J connectivity index is 1.87. The number of ether oxygens (including phenoxy) is 2. The second kappa shape index (κ2) is 9.27. The molecule has 1 N–H and O–H groups in total. The van der Waals surface area contributed by atoms with Crippen LogP contribution in [0, 0.1) is 20.8 Å². The van der Waals surface area contributed by atoms with Crippen LogP contribution in [0.1, 0.15) is 37.0 Å². The van der Waals surface area contributed by atoms with Gasteiger partial charge in [-0.05, 0) is 57.9 Å². The van der Waals surface area contributed by atoms with Gasteiger partial charge in [-0.3, -0.25) is 4.79 Å². The summed E-state index contributed by atoms with van der Waals surface area (Å²) in [6, 6.07) is 13.7. The molecule has 0 spiro atoms. The molecule has 26 heavy (non-hydrogen) atoms. The van der Waals surface area contributed by atoms with Crippen LogP contribution in [0.15, 0.2) is 42.5 Å². The van der Waals surface area contributed by atoms with Gasteiger partial charge in [0.15, 0.2) is 6.10 Å². The molecular formula is C22H29NO3. The van der Waals surface area contributed by atoms with Crippen molar-refractivity contribution >= 4 is 5.91 Å². The van der Waals surface area contributed by atoms with Gasteiger partial charge < -0.3 is 14.8 Å². The zero-order valence-corrected chi connectivity index (χ0v) is 16.3. The Morgan fingerprint density at radius 3 is 2.31 bits per heavy atom. The molecule has 0 saturated heterocycles. The second-order valence-corrected chi connectivity index (χ2v) is 6.82. The molecule has 2 atom stereocenters. The summed E-state index contributed by atoms with van der Waals surface area (Å²) in [6.07, 6.45) is 0.0863. The third kappa shape index (κ3) is 5.80. The van der Waals surface area contributed by atoms with Crippen LogP contribution in [0.3, 0.4) is 0 Å². The smallest absolute Gasteiger partial charge is 0.261 e. The molecule has 1 amide bonds. The first-order valence-electron chi connectivity index (χ1n) is 9.12. The summed E-state index contributed by atoms with van der Waals surface area (Å²) in [5.41, 5.74) is 3.40. The third-order valence-corrected chi connectivity index (χ3v) is 4.17. The molecule has 0 aromatic heterocycles. The van der Waals surface area contributed by atoms with Crippen molar-refractivity contribution in [1.29, 1.82) is 0 Å². The molecule has 140 valence electrons. The lowest BCUT2D eigenvalue weighted by Crippen LogP contribution is -2.44. The van der Waals surface area contributed by atoms with E-state index in [4.69, 9.17) is 9.47 Å². The van der Waals surface area contributed by atoms with Crippen LogP contribution >= 0.6 is 0 Å². The van der Waals surface area contributed by atoms with Crippen molar-refractivity contribution < 1.29 is 14.3 Å². The fourth-order valence-electron chi connectivity index (χ4n) is 2.64. The predicted molar refractivity (Wildman–Crippen MR) is 105 cm³/mol. The molecule has 2 aromatic rings. The van der Waals surface area contributed by atoms with E-state index in [1.807, 2.05) is 71.0 Å². The molecule has 0 saturated carbocycles. The molecule has 2 rings (SSSR count). The molecule has 0 bridgehead atoms. The summed E-state index contributed by atoms with van der Waals surface area (Å²) in [4.78, 5) is 12.5.